The van der Waals surface area contributed by atoms with Crippen molar-refractivity contribution < 1.29 is 23.8 Å². The fourth-order valence-corrected chi connectivity index (χ4v) is 1.64. The summed E-state index contributed by atoms with van der Waals surface area (Å²) >= 11 is 0. The number of rotatable bonds is 6. The molecule has 0 amide bonds. The molecule has 5 nitrogen and oxygen atoms in total. The topological polar surface area (TPSA) is 61.8 Å². The molecule has 0 saturated carbocycles. The van der Waals surface area contributed by atoms with Gasteiger partial charge in [-0.2, -0.15) is 0 Å². The number of ether oxygens (including phenoxy) is 3. The number of hydrogen-bond donors (Lipinski definition) is 0. The van der Waals surface area contributed by atoms with Crippen molar-refractivity contribution in [2.75, 3.05) is 13.2 Å². The minimum atomic E-state index is -0.996. The van der Waals surface area contributed by atoms with E-state index in [-0.39, 0.29) is 24.0 Å². The first-order valence-corrected chi connectivity index (χ1v) is 7.51. The van der Waals surface area contributed by atoms with E-state index in [4.69, 9.17) is 9.47 Å². The first-order chi connectivity index (χ1) is 9.49. The molecule has 0 aromatic rings. The SMILES string of the molecule is CC(C)(C)CCCOC(=O)OC(=O)OCCCC(C)(C)C. The quantitative estimate of drug-likeness (QED) is 0.395. The smallest absolute Gasteiger partial charge is 0.434 e. The highest BCUT2D eigenvalue weighted by Crippen LogP contribution is 2.21. The van der Waals surface area contributed by atoms with Crippen LogP contribution in [0.3, 0.4) is 0 Å². The number of carbonyl (C=O) groups excluding carboxylic acids is 2. The zero-order chi connectivity index (χ0) is 16.5. The van der Waals surface area contributed by atoms with Gasteiger partial charge in [0.2, 0.25) is 0 Å². The van der Waals surface area contributed by atoms with Crippen molar-refractivity contribution in [3.63, 3.8) is 0 Å². The fourth-order valence-electron chi connectivity index (χ4n) is 1.64. The van der Waals surface area contributed by atoms with Crippen molar-refractivity contribution in [2.24, 2.45) is 10.8 Å². The molecule has 0 fully saturated rings. The third-order valence-corrected chi connectivity index (χ3v) is 2.75. The maximum Gasteiger partial charge on any atom is 0.518 e. The highest BCUT2D eigenvalue weighted by molar-refractivity contribution is 5.76. The Kier molecular flexibility index (Phi) is 8.37. The predicted octanol–water partition coefficient (Wildman–Crippen LogP) is 4.93. The molecule has 0 aromatic heterocycles. The molecule has 21 heavy (non-hydrogen) atoms. The predicted molar refractivity (Wildman–Crippen MR) is 81.2 cm³/mol. The lowest BCUT2D eigenvalue weighted by atomic mass is 9.91. The van der Waals surface area contributed by atoms with E-state index in [1.54, 1.807) is 0 Å². The van der Waals surface area contributed by atoms with Crippen LogP contribution in [0.2, 0.25) is 0 Å². The summed E-state index contributed by atoms with van der Waals surface area (Å²) < 4.78 is 14.0. The van der Waals surface area contributed by atoms with Gasteiger partial charge >= 0.3 is 12.3 Å². The molecule has 0 aliphatic carbocycles. The minimum absolute atomic E-state index is 0.194. The van der Waals surface area contributed by atoms with Gasteiger partial charge in [-0.1, -0.05) is 41.5 Å². The molecule has 0 aliphatic rings. The lowest BCUT2D eigenvalue weighted by Crippen LogP contribution is -2.17. The van der Waals surface area contributed by atoms with Gasteiger partial charge in [0.25, 0.3) is 0 Å². The molecule has 124 valence electrons. The second-order valence-corrected chi connectivity index (χ2v) is 7.63. The van der Waals surface area contributed by atoms with Crippen LogP contribution in [-0.2, 0) is 14.2 Å². The Morgan fingerprint density at radius 3 is 1.33 bits per heavy atom. The van der Waals surface area contributed by atoms with Crippen molar-refractivity contribution in [3.8, 4) is 0 Å². The van der Waals surface area contributed by atoms with Crippen LogP contribution >= 0.6 is 0 Å². The van der Waals surface area contributed by atoms with Crippen LogP contribution in [0.25, 0.3) is 0 Å². The molecular formula is C16H30O5. The van der Waals surface area contributed by atoms with E-state index in [9.17, 15) is 9.59 Å². The third-order valence-electron chi connectivity index (χ3n) is 2.75. The largest absolute Gasteiger partial charge is 0.518 e. The Balaban J connectivity index is 3.64. The molecular weight excluding hydrogens is 272 g/mol. The van der Waals surface area contributed by atoms with Gasteiger partial charge in [0.1, 0.15) is 0 Å². The van der Waals surface area contributed by atoms with Crippen molar-refractivity contribution in [3.05, 3.63) is 0 Å². The van der Waals surface area contributed by atoms with Gasteiger partial charge < -0.3 is 14.2 Å². The van der Waals surface area contributed by atoms with Crippen LogP contribution in [-0.4, -0.2) is 25.5 Å². The van der Waals surface area contributed by atoms with Crippen LogP contribution in [0.1, 0.15) is 67.2 Å². The average molecular weight is 302 g/mol. The normalized spacial score (nSPS) is 11.9. The lowest BCUT2D eigenvalue weighted by Gasteiger charge is -2.17. The van der Waals surface area contributed by atoms with Gasteiger partial charge in [-0.05, 0) is 36.5 Å². The van der Waals surface area contributed by atoms with Crippen molar-refractivity contribution in [1.29, 1.82) is 0 Å². The monoisotopic (exact) mass is 302 g/mol. The van der Waals surface area contributed by atoms with Gasteiger partial charge in [-0.25, -0.2) is 9.59 Å². The van der Waals surface area contributed by atoms with E-state index < -0.39 is 12.3 Å². The van der Waals surface area contributed by atoms with Crippen LogP contribution < -0.4 is 0 Å². The van der Waals surface area contributed by atoms with E-state index in [1.165, 1.54) is 0 Å². The summed E-state index contributed by atoms with van der Waals surface area (Å²) in [6, 6.07) is 0. The lowest BCUT2D eigenvalue weighted by molar-refractivity contribution is 0.0335. The van der Waals surface area contributed by atoms with E-state index in [2.05, 4.69) is 46.3 Å². The molecule has 0 radical (unpaired) electrons. The summed E-state index contributed by atoms with van der Waals surface area (Å²) in [4.78, 5) is 22.4. The Morgan fingerprint density at radius 2 is 1.05 bits per heavy atom. The molecule has 0 heterocycles. The molecule has 5 heteroatoms. The maximum atomic E-state index is 11.2. The second-order valence-electron chi connectivity index (χ2n) is 7.63. The van der Waals surface area contributed by atoms with Crippen LogP contribution in [0.15, 0.2) is 0 Å². The number of hydrogen-bond acceptors (Lipinski definition) is 5. The zero-order valence-electron chi connectivity index (χ0n) is 14.3. The highest BCUT2D eigenvalue weighted by atomic mass is 16.8. The molecule has 0 aromatic carbocycles. The standard InChI is InChI=1S/C16H30O5/c1-15(2,3)9-7-11-19-13(17)21-14(18)20-12-8-10-16(4,5)6/h7-12H2,1-6H3. The van der Waals surface area contributed by atoms with Crippen LogP contribution in [0.4, 0.5) is 9.59 Å². The molecule has 0 rings (SSSR count). The Labute approximate surface area is 128 Å². The van der Waals surface area contributed by atoms with Gasteiger partial charge in [0.15, 0.2) is 0 Å². The molecule has 0 atom stereocenters. The van der Waals surface area contributed by atoms with Gasteiger partial charge in [0.05, 0.1) is 13.2 Å². The zero-order valence-corrected chi connectivity index (χ0v) is 14.3. The molecule has 0 spiro atoms. The summed E-state index contributed by atoms with van der Waals surface area (Å²) in [7, 11) is 0. The van der Waals surface area contributed by atoms with Crippen molar-refractivity contribution >= 4 is 12.3 Å². The van der Waals surface area contributed by atoms with E-state index in [0.717, 1.165) is 25.7 Å². The number of carbonyl (C=O) groups is 2. The molecule has 0 bridgehead atoms. The van der Waals surface area contributed by atoms with E-state index in [1.807, 2.05) is 0 Å². The Morgan fingerprint density at radius 1 is 0.714 bits per heavy atom. The summed E-state index contributed by atoms with van der Waals surface area (Å²) in [5.41, 5.74) is 0.387. The Bertz CT molecular complexity index is 291. The maximum absolute atomic E-state index is 11.2. The van der Waals surface area contributed by atoms with Crippen molar-refractivity contribution in [1.82, 2.24) is 0 Å². The summed E-state index contributed by atoms with van der Waals surface area (Å²) in [5.74, 6) is 0. The fraction of sp³-hybridized carbons (Fsp3) is 0.875. The summed E-state index contributed by atoms with van der Waals surface area (Å²) in [6.45, 7) is 13.2. The average Bonchev–Trinajstić information content (AvgIpc) is 2.28. The molecule has 0 unspecified atom stereocenters. The minimum Gasteiger partial charge on any atom is -0.434 e. The molecule has 0 N–H and O–H groups in total. The Hall–Kier alpha value is -1.26. The van der Waals surface area contributed by atoms with Gasteiger partial charge in [0, 0.05) is 0 Å². The van der Waals surface area contributed by atoms with Gasteiger partial charge in [-0.3, -0.25) is 0 Å². The van der Waals surface area contributed by atoms with Crippen molar-refractivity contribution in [2.45, 2.75) is 67.2 Å². The first kappa shape index (κ1) is 19.7. The third kappa shape index (κ3) is 15.0. The van der Waals surface area contributed by atoms with Crippen LogP contribution in [0.5, 0.6) is 0 Å². The summed E-state index contributed by atoms with van der Waals surface area (Å²) in [6.07, 6.45) is 1.34. The second kappa shape index (κ2) is 8.90. The highest BCUT2D eigenvalue weighted by Gasteiger charge is 2.15. The van der Waals surface area contributed by atoms with Gasteiger partial charge in [-0.15, -0.1) is 0 Å². The van der Waals surface area contributed by atoms with Crippen LogP contribution in [0, 0.1) is 10.8 Å². The molecule has 0 aliphatic heterocycles. The molecule has 0 saturated heterocycles. The summed E-state index contributed by atoms with van der Waals surface area (Å²) in [5, 5.41) is 0. The van der Waals surface area contributed by atoms with E-state index >= 15 is 0 Å². The van der Waals surface area contributed by atoms with E-state index in [0.29, 0.717) is 0 Å². The first-order valence-electron chi connectivity index (χ1n) is 7.51.